The van der Waals surface area contributed by atoms with Crippen LogP contribution in [0.25, 0.3) is 0 Å². The number of aliphatic hydroxyl groups is 1. The summed E-state index contributed by atoms with van der Waals surface area (Å²) in [5.74, 6) is -0.0858. The number of aliphatic hydroxyl groups excluding tert-OH is 1. The lowest BCUT2D eigenvalue weighted by atomic mass is 10.2. The van der Waals surface area contributed by atoms with Gasteiger partial charge in [-0.3, -0.25) is 4.79 Å². The van der Waals surface area contributed by atoms with Crippen molar-refractivity contribution in [1.29, 1.82) is 0 Å². The Bertz CT molecular complexity index is 472. The maximum atomic E-state index is 12.2. The minimum absolute atomic E-state index is 0.0241. The lowest BCUT2D eigenvalue weighted by Crippen LogP contribution is -2.40. The van der Waals surface area contributed by atoms with Crippen molar-refractivity contribution in [3.05, 3.63) is 28.4 Å². The first-order chi connectivity index (χ1) is 7.97. The van der Waals surface area contributed by atoms with Gasteiger partial charge in [-0.2, -0.15) is 0 Å². The van der Waals surface area contributed by atoms with E-state index in [0.29, 0.717) is 5.56 Å². The Morgan fingerprint density at radius 2 is 2.00 bits per heavy atom. The van der Waals surface area contributed by atoms with Crippen LogP contribution in [0.2, 0.25) is 0 Å². The topological polar surface area (TPSA) is 49.3 Å². The molecular formula is C11H10I3NO2. The number of nitrogens with one attached hydrogen (secondary N) is 1. The zero-order valence-corrected chi connectivity index (χ0v) is 15.2. The van der Waals surface area contributed by atoms with Gasteiger partial charge in [-0.25, -0.2) is 0 Å². The minimum atomic E-state index is -0.354. The predicted molar refractivity (Wildman–Crippen MR) is 91.1 cm³/mol. The lowest BCUT2D eigenvalue weighted by Gasteiger charge is -2.15. The van der Waals surface area contributed by atoms with Crippen LogP contribution in [0.5, 0.6) is 0 Å². The van der Waals surface area contributed by atoms with E-state index >= 15 is 0 Å². The molecule has 0 atom stereocenters. The highest BCUT2D eigenvalue weighted by Crippen LogP contribution is 2.35. The highest BCUT2D eigenvalue weighted by molar-refractivity contribution is 14.1. The molecule has 92 valence electrons. The van der Waals surface area contributed by atoms with Crippen molar-refractivity contribution in [2.75, 3.05) is 6.61 Å². The number of benzene rings is 1. The Morgan fingerprint density at radius 3 is 2.53 bits per heavy atom. The highest BCUT2D eigenvalue weighted by Gasteiger charge is 2.43. The van der Waals surface area contributed by atoms with E-state index in [1.807, 2.05) is 12.1 Å². The number of amides is 1. The lowest BCUT2D eigenvalue weighted by molar-refractivity contribution is 0.0905. The minimum Gasteiger partial charge on any atom is -0.394 e. The summed E-state index contributed by atoms with van der Waals surface area (Å²) in [6, 6.07) is 3.92. The third kappa shape index (κ3) is 3.24. The second kappa shape index (κ2) is 5.45. The van der Waals surface area contributed by atoms with E-state index in [0.717, 1.165) is 23.6 Å². The molecule has 1 aromatic carbocycles. The molecule has 1 aliphatic rings. The Labute approximate surface area is 141 Å². The molecule has 3 nitrogen and oxygen atoms in total. The summed E-state index contributed by atoms with van der Waals surface area (Å²) < 4.78 is 3.09. The van der Waals surface area contributed by atoms with Crippen LogP contribution >= 0.6 is 67.8 Å². The van der Waals surface area contributed by atoms with Crippen LogP contribution in [0.4, 0.5) is 0 Å². The Kier molecular flexibility index (Phi) is 4.57. The fraction of sp³-hybridized carbons (Fsp3) is 0.364. The van der Waals surface area contributed by atoms with Crippen molar-refractivity contribution in [3.8, 4) is 0 Å². The summed E-state index contributed by atoms with van der Waals surface area (Å²) in [6.07, 6.45) is 1.74. The summed E-state index contributed by atoms with van der Waals surface area (Å²) in [6.45, 7) is 0.0241. The summed E-state index contributed by atoms with van der Waals surface area (Å²) >= 11 is 6.62. The standard InChI is InChI=1S/C11H10I3NO2/c12-6-3-7(9(14)8(13)4-6)10(17)15-11(5-16)1-2-11/h3-4,16H,1-2,5H2,(H,15,17). The molecular weight excluding hydrogens is 559 g/mol. The van der Waals surface area contributed by atoms with Crippen LogP contribution in [-0.2, 0) is 0 Å². The molecule has 0 aromatic heterocycles. The molecule has 0 spiro atoms. The number of rotatable bonds is 3. The van der Waals surface area contributed by atoms with Crippen molar-refractivity contribution < 1.29 is 9.90 Å². The molecule has 0 unspecified atom stereocenters. The van der Waals surface area contributed by atoms with E-state index < -0.39 is 0 Å². The largest absolute Gasteiger partial charge is 0.394 e. The normalized spacial score (nSPS) is 16.7. The molecule has 17 heavy (non-hydrogen) atoms. The number of hydrogen-bond acceptors (Lipinski definition) is 2. The molecule has 1 saturated carbocycles. The van der Waals surface area contributed by atoms with Gasteiger partial charge in [0.05, 0.1) is 17.7 Å². The summed E-state index contributed by atoms with van der Waals surface area (Å²) in [5.41, 5.74) is 0.342. The van der Waals surface area contributed by atoms with Crippen LogP contribution in [0, 0.1) is 10.7 Å². The third-order valence-electron chi connectivity index (χ3n) is 2.77. The number of carbonyl (C=O) groups excluding carboxylic acids is 1. The van der Waals surface area contributed by atoms with E-state index in [9.17, 15) is 9.90 Å². The zero-order chi connectivity index (χ0) is 12.6. The molecule has 1 aromatic rings. The molecule has 0 heterocycles. The number of carbonyl (C=O) groups is 1. The fourth-order valence-electron chi connectivity index (χ4n) is 1.50. The molecule has 2 N–H and O–H groups in total. The predicted octanol–water partition coefficient (Wildman–Crippen LogP) is 2.76. The zero-order valence-electron chi connectivity index (χ0n) is 8.77. The first-order valence-electron chi connectivity index (χ1n) is 5.05. The van der Waals surface area contributed by atoms with E-state index in [4.69, 9.17) is 0 Å². The van der Waals surface area contributed by atoms with Gasteiger partial charge in [0, 0.05) is 10.7 Å². The van der Waals surface area contributed by atoms with Gasteiger partial charge in [0.15, 0.2) is 0 Å². The maximum Gasteiger partial charge on any atom is 0.252 e. The van der Waals surface area contributed by atoms with Crippen LogP contribution in [0.15, 0.2) is 12.1 Å². The van der Waals surface area contributed by atoms with E-state index in [-0.39, 0.29) is 18.1 Å². The summed E-state index contributed by atoms with van der Waals surface area (Å²) in [4.78, 5) is 12.2. The monoisotopic (exact) mass is 569 g/mol. The fourth-order valence-corrected chi connectivity index (χ4v) is 3.90. The molecule has 1 fully saturated rings. The summed E-state index contributed by atoms with van der Waals surface area (Å²) in [5, 5.41) is 12.1. The third-order valence-corrected chi connectivity index (χ3v) is 6.44. The molecule has 1 amide bonds. The average Bonchev–Trinajstić information content (AvgIpc) is 3.03. The first-order valence-corrected chi connectivity index (χ1v) is 8.29. The Hall–Kier alpha value is 0.840. The highest BCUT2D eigenvalue weighted by atomic mass is 127. The SMILES string of the molecule is O=C(NC1(CO)CC1)c1cc(I)cc(I)c1I. The van der Waals surface area contributed by atoms with Gasteiger partial charge >= 0.3 is 0 Å². The van der Waals surface area contributed by atoms with Gasteiger partial charge in [0.25, 0.3) is 5.91 Å². The number of halogens is 3. The van der Waals surface area contributed by atoms with Gasteiger partial charge in [-0.05, 0) is 92.7 Å². The van der Waals surface area contributed by atoms with Gasteiger partial charge in [-0.1, -0.05) is 0 Å². The van der Waals surface area contributed by atoms with Crippen molar-refractivity contribution in [2.24, 2.45) is 0 Å². The van der Waals surface area contributed by atoms with Crippen LogP contribution < -0.4 is 5.32 Å². The van der Waals surface area contributed by atoms with Crippen molar-refractivity contribution >= 4 is 73.7 Å². The number of hydrogen-bond donors (Lipinski definition) is 2. The molecule has 6 heteroatoms. The second-order valence-corrected chi connectivity index (χ2v) is 7.63. The van der Waals surface area contributed by atoms with Gasteiger partial charge in [0.1, 0.15) is 0 Å². The molecule has 1 aliphatic carbocycles. The van der Waals surface area contributed by atoms with Crippen LogP contribution in [0.1, 0.15) is 23.2 Å². The van der Waals surface area contributed by atoms with E-state index in [1.165, 1.54) is 0 Å². The van der Waals surface area contributed by atoms with E-state index in [1.54, 1.807) is 0 Å². The molecule has 2 rings (SSSR count). The van der Waals surface area contributed by atoms with Crippen molar-refractivity contribution in [1.82, 2.24) is 5.32 Å². The second-order valence-electron chi connectivity index (χ2n) is 4.14. The smallest absolute Gasteiger partial charge is 0.252 e. The van der Waals surface area contributed by atoms with E-state index in [2.05, 4.69) is 73.1 Å². The van der Waals surface area contributed by atoms with Crippen LogP contribution in [0.3, 0.4) is 0 Å². The maximum absolute atomic E-state index is 12.2. The molecule has 0 saturated heterocycles. The van der Waals surface area contributed by atoms with Gasteiger partial charge in [0.2, 0.25) is 0 Å². The van der Waals surface area contributed by atoms with Crippen LogP contribution in [-0.4, -0.2) is 23.2 Å². The van der Waals surface area contributed by atoms with Gasteiger partial charge in [-0.15, -0.1) is 0 Å². The molecule has 0 bridgehead atoms. The summed E-state index contributed by atoms with van der Waals surface area (Å²) in [7, 11) is 0. The quantitative estimate of drug-likeness (QED) is 0.435. The first kappa shape index (κ1) is 14.3. The molecule has 0 radical (unpaired) electrons. The molecule has 0 aliphatic heterocycles. The van der Waals surface area contributed by atoms with Crippen molar-refractivity contribution in [3.63, 3.8) is 0 Å². The van der Waals surface area contributed by atoms with Crippen molar-refractivity contribution in [2.45, 2.75) is 18.4 Å². The Balaban J connectivity index is 2.25. The van der Waals surface area contributed by atoms with Gasteiger partial charge < -0.3 is 10.4 Å². The Morgan fingerprint density at radius 1 is 1.35 bits per heavy atom. The average molecular weight is 569 g/mol.